The van der Waals surface area contributed by atoms with Crippen molar-refractivity contribution in [3.05, 3.63) is 253 Å². The number of hydrogen-bond donors (Lipinski definition) is 0. The summed E-state index contributed by atoms with van der Waals surface area (Å²) in [5.41, 5.74) is 16.3. The summed E-state index contributed by atoms with van der Waals surface area (Å²) in [7, 11) is 0. The van der Waals surface area contributed by atoms with E-state index >= 15 is 0 Å². The van der Waals surface area contributed by atoms with Crippen molar-refractivity contribution >= 4 is 31.5 Å². The molecular formula is C59H38N2S. The van der Waals surface area contributed by atoms with Crippen molar-refractivity contribution in [1.29, 1.82) is 0 Å². The van der Waals surface area contributed by atoms with Crippen LogP contribution in [-0.4, -0.2) is 9.97 Å². The van der Waals surface area contributed by atoms with Crippen molar-refractivity contribution < 1.29 is 0 Å². The number of fused-ring (bicyclic) bond motifs is 6. The van der Waals surface area contributed by atoms with Gasteiger partial charge in [-0.15, -0.1) is 11.3 Å². The highest BCUT2D eigenvalue weighted by Gasteiger charge is 2.47. The van der Waals surface area contributed by atoms with Crippen LogP contribution in [0.3, 0.4) is 0 Å². The first kappa shape index (κ1) is 36.2. The van der Waals surface area contributed by atoms with Gasteiger partial charge in [-0.05, 0) is 86.0 Å². The van der Waals surface area contributed by atoms with Gasteiger partial charge in [0, 0.05) is 36.9 Å². The van der Waals surface area contributed by atoms with E-state index in [4.69, 9.17) is 9.97 Å². The van der Waals surface area contributed by atoms with E-state index in [1.54, 1.807) is 0 Å². The second-order valence-electron chi connectivity index (χ2n) is 16.0. The molecule has 0 fully saturated rings. The molecule has 9 aromatic carbocycles. The first-order valence-electron chi connectivity index (χ1n) is 21.1. The number of hydrogen-bond acceptors (Lipinski definition) is 3. The fourth-order valence-electron chi connectivity index (χ4n) is 9.87. The van der Waals surface area contributed by atoms with Crippen LogP contribution in [0.4, 0.5) is 0 Å². The minimum atomic E-state index is -0.591. The van der Waals surface area contributed by atoms with Gasteiger partial charge in [0.2, 0.25) is 0 Å². The van der Waals surface area contributed by atoms with Crippen LogP contribution in [0.2, 0.25) is 0 Å². The van der Waals surface area contributed by atoms with E-state index in [-0.39, 0.29) is 0 Å². The zero-order valence-corrected chi connectivity index (χ0v) is 34.6. The van der Waals surface area contributed by atoms with Crippen molar-refractivity contribution in [2.45, 2.75) is 5.41 Å². The second kappa shape index (κ2) is 14.8. The molecule has 0 aliphatic heterocycles. The third-order valence-corrected chi connectivity index (χ3v) is 13.8. The van der Waals surface area contributed by atoms with Crippen LogP contribution in [0.1, 0.15) is 22.3 Å². The molecule has 11 aromatic rings. The molecule has 0 bridgehead atoms. The Morgan fingerprint density at radius 3 is 1.63 bits per heavy atom. The molecule has 3 heteroatoms. The minimum Gasteiger partial charge on any atom is -0.228 e. The van der Waals surface area contributed by atoms with Crippen LogP contribution < -0.4 is 0 Å². The maximum Gasteiger partial charge on any atom is 0.160 e. The molecule has 0 N–H and O–H groups in total. The van der Waals surface area contributed by atoms with Gasteiger partial charge in [-0.1, -0.05) is 200 Å². The van der Waals surface area contributed by atoms with E-state index in [9.17, 15) is 0 Å². The highest BCUT2D eigenvalue weighted by Crippen LogP contribution is 2.58. The third-order valence-electron chi connectivity index (χ3n) is 12.6. The molecule has 62 heavy (non-hydrogen) atoms. The molecule has 290 valence electrons. The van der Waals surface area contributed by atoms with Gasteiger partial charge in [0.25, 0.3) is 0 Å². The van der Waals surface area contributed by atoms with Gasteiger partial charge in [0.05, 0.1) is 16.8 Å². The van der Waals surface area contributed by atoms with Crippen LogP contribution in [-0.2, 0) is 5.41 Å². The molecular weight excluding hydrogens is 769 g/mol. The minimum absolute atomic E-state index is 0.591. The number of thiophene rings is 1. The summed E-state index contributed by atoms with van der Waals surface area (Å²) in [6.07, 6.45) is 0. The smallest absolute Gasteiger partial charge is 0.160 e. The fourth-order valence-corrected chi connectivity index (χ4v) is 11.1. The maximum absolute atomic E-state index is 5.51. The number of rotatable bonds is 7. The molecule has 1 aliphatic rings. The highest BCUT2D eigenvalue weighted by molar-refractivity contribution is 7.26. The molecule has 1 aliphatic carbocycles. The lowest BCUT2D eigenvalue weighted by Gasteiger charge is -2.35. The zero-order valence-electron chi connectivity index (χ0n) is 33.7. The topological polar surface area (TPSA) is 25.8 Å². The maximum atomic E-state index is 5.51. The summed E-state index contributed by atoms with van der Waals surface area (Å²) in [5.74, 6) is 0.689. The largest absolute Gasteiger partial charge is 0.228 e. The number of benzene rings is 9. The monoisotopic (exact) mass is 806 g/mol. The third kappa shape index (κ3) is 5.78. The van der Waals surface area contributed by atoms with Crippen molar-refractivity contribution in [2.75, 3.05) is 0 Å². The first-order chi connectivity index (χ1) is 30.7. The van der Waals surface area contributed by atoms with Crippen LogP contribution in [0.25, 0.3) is 87.5 Å². The first-order valence-corrected chi connectivity index (χ1v) is 22.0. The quantitative estimate of drug-likeness (QED) is 0.160. The average molecular weight is 807 g/mol. The molecule has 0 saturated heterocycles. The van der Waals surface area contributed by atoms with Crippen molar-refractivity contribution in [2.24, 2.45) is 0 Å². The summed E-state index contributed by atoms with van der Waals surface area (Å²) >= 11 is 1.86. The van der Waals surface area contributed by atoms with E-state index < -0.39 is 5.41 Å². The van der Waals surface area contributed by atoms with Gasteiger partial charge in [0.1, 0.15) is 0 Å². The molecule has 2 aromatic heterocycles. The lowest BCUT2D eigenvalue weighted by molar-refractivity contribution is 0.769. The van der Waals surface area contributed by atoms with E-state index in [0.29, 0.717) is 5.82 Å². The van der Waals surface area contributed by atoms with Gasteiger partial charge < -0.3 is 0 Å². The Labute approximate surface area is 365 Å². The van der Waals surface area contributed by atoms with Crippen molar-refractivity contribution in [3.8, 4) is 67.3 Å². The van der Waals surface area contributed by atoms with Crippen LogP contribution in [0.5, 0.6) is 0 Å². The second-order valence-corrected chi connectivity index (χ2v) is 17.1. The summed E-state index contributed by atoms with van der Waals surface area (Å²) in [4.78, 5) is 11.0. The zero-order chi connectivity index (χ0) is 41.0. The predicted octanol–water partition coefficient (Wildman–Crippen LogP) is 15.5. The standard InChI is InChI=1S/C59H38N2S/c1-5-19-39(20-6-1)41-35-42(46-29-17-31-50-48-28-14-16-34-55(48)62-57(46)50)37-43(36-41)53-38-54(61-58(60-53)40-21-7-2-8-22-40)51-32-18-30-49-47-27-13-15-33-52(47)59(56(49)51,44-23-9-3-10-24-44)45-25-11-4-12-26-45/h1-38H. The van der Waals surface area contributed by atoms with Crippen LogP contribution in [0.15, 0.2) is 231 Å². The van der Waals surface area contributed by atoms with Gasteiger partial charge in [-0.3, -0.25) is 0 Å². The van der Waals surface area contributed by atoms with Gasteiger partial charge >= 0.3 is 0 Å². The van der Waals surface area contributed by atoms with Crippen molar-refractivity contribution in [3.63, 3.8) is 0 Å². The Balaban J connectivity index is 1.14. The number of nitrogens with zero attached hydrogens (tertiary/aromatic N) is 2. The van der Waals surface area contributed by atoms with E-state index in [0.717, 1.165) is 44.8 Å². The molecule has 0 saturated carbocycles. The summed E-state index contributed by atoms with van der Waals surface area (Å²) in [5, 5.41) is 2.58. The summed E-state index contributed by atoms with van der Waals surface area (Å²) in [6, 6.07) is 83.4. The van der Waals surface area contributed by atoms with Gasteiger partial charge in [-0.25, -0.2) is 9.97 Å². The Morgan fingerprint density at radius 2 is 0.871 bits per heavy atom. The fraction of sp³-hybridized carbons (Fsp3) is 0.0169. The van der Waals surface area contributed by atoms with Crippen LogP contribution in [0, 0.1) is 0 Å². The Bertz CT molecular complexity index is 3410. The Kier molecular flexibility index (Phi) is 8.62. The lowest BCUT2D eigenvalue weighted by atomic mass is 9.66. The lowest BCUT2D eigenvalue weighted by Crippen LogP contribution is -2.29. The molecule has 12 rings (SSSR count). The normalized spacial score (nSPS) is 12.6. The predicted molar refractivity (Wildman–Crippen MR) is 259 cm³/mol. The van der Waals surface area contributed by atoms with Gasteiger partial charge in [0.15, 0.2) is 5.82 Å². The van der Waals surface area contributed by atoms with E-state index in [1.807, 2.05) is 17.4 Å². The van der Waals surface area contributed by atoms with E-state index in [1.165, 1.54) is 59.1 Å². The Hall–Kier alpha value is -7.72. The van der Waals surface area contributed by atoms with Gasteiger partial charge in [-0.2, -0.15) is 0 Å². The molecule has 0 spiro atoms. The highest BCUT2D eigenvalue weighted by atomic mass is 32.1. The average Bonchev–Trinajstić information content (AvgIpc) is 3.89. The molecule has 2 heterocycles. The molecule has 0 amide bonds. The molecule has 0 unspecified atom stereocenters. The molecule has 0 radical (unpaired) electrons. The Morgan fingerprint density at radius 1 is 0.339 bits per heavy atom. The van der Waals surface area contributed by atoms with Crippen molar-refractivity contribution in [1.82, 2.24) is 9.97 Å². The SMILES string of the molecule is c1ccc(-c2cc(-c3cc(-c4cccc5c4C(c4ccccc4)(c4ccccc4)c4ccccc4-5)nc(-c4ccccc4)n3)cc(-c3cccc4c3sc3ccccc34)c2)cc1. The summed E-state index contributed by atoms with van der Waals surface area (Å²) in [6.45, 7) is 0. The molecule has 0 atom stereocenters. The molecule has 2 nitrogen and oxygen atoms in total. The summed E-state index contributed by atoms with van der Waals surface area (Å²) < 4.78 is 2.58. The van der Waals surface area contributed by atoms with Crippen LogP contribution >= 0.6 is 11.3 Å². The number of aromatic nitrogens is 2. The van der Waals surface area contributed by atoms with E-state index in [2.05, 4.69) is 224 Å².